The molecular formula is C25H36N4O2. The molecule has 3 heterocycles. The molecule has 1 N–H and O–H groups in total. The number of rotatable bonds is 6. The fourth-order valence-electron chi connectivity index (χ4n) is 4.97. The number of carbonyl (C=O) groups is 1. The first-order chi connectivity index (χ1) is 14.8. The fourth-order valence-corrected chi connectivity index (χ4v) is 4.97. The molecule has 2 aliphatic heterocycles. The van der Waals surface area contributed by atoms with Crippen LogP contribution < -0.4 is 5.32 Å². The molecule has 1 atom stereocenters. The summed E-state index contributed by atoms with van der Waals surface area (Å²) in [4.78, 5) is 19.8. The minimum atomic E-state index is 0.0425. The van der Waals surface area contributed by atoms with Crippen LogP contribution in [0.5, 0.6) is 0 Å². The van der Waals surface area contributed by atoms with Crippen LogP contribution in [0.4, 0.5) is 0 Å². The largest absolute Gasteiger partial charge is 0.381 e. The van der Waals surface area contributed by atoms with E-state index in [0.29, 0.717) is 0 Å². The molecule has 2 aromatic rings. The van der Waals surface area contributed by atoms with Gasteiger partial charge in [-0.15, -0.1) is 0 Å². The molecular weight excluding hydrogens is 388 g/mol. The Bertz CT molecular complexity index is 849. The number of amides is 1. The second-order valence-corrected chi connectivity index (χ2v) is 10.4. The first kappa shape index (κ1) is 22.0. The molecule has 1 aromatic carbocycles. The van der Waals surface area contributed by atoms with Gasteiger partial charge in [0.1, 0.15) is 0 Å². The van der Waals surface area contributed by atoms with E-state index in [1.54, 1.807) is 6.20 Å². The Hall–Kier alpha value is -2.18. The molecule has 6 heteroatoms. The van der Waals surface area contributed by atoms with Crippen molar-refractivity contribution in [1.29, 1.82) is 0 Å². The third-order valence-electron chi connectivity index (χ3n) is 6.84. The lowest BCUT2D eigenvalue weighted by atomic mass is 9.71. The summed E-state index contributed by atoms with van der Waals surface area (Å²) in [5, 5.41) is 3.25. The standard InChI is InChI=1S/C25H36N4O2/c1-24(2,3)8-11-27-23(30)22-17-28(18-25(22)9-14-31-15-10-25)16-20-4-6-21(7-5-20)29-13-12-26-19-29/h4-7,12-13,19,22H,8-11,14-18H2,1-3H3,(H,27,30)/t22-/m0/s1. The number of imidazole rings is 1. The van der Waals surface area contributed by atoms with Gasteiger partial charge in [0.25, 0.3) is 0 Å². The van der Waals surface area contributed by atoms with E-state index in [9.17, 15) is 4.79 Å². The van der Waals surface area contributed by atoms with Crippen LogP contribution in [-0.4, -0.2) is 53.2 Å². The highest BCUT2D eigenvalue weighted by Crippen LogP contribution is 2.44. The lowest BCUT2D eigenvalue weighted by Gasteiger charge is -2.37. The SMILES string of the molecule is CC(C)(C)CCNC(=O)[C@@H]1CN(Cc2ccc(-n3ccnc3)cc2)CC12CCOCC2. The summed E-state index contributed by atoms with van der Waals surface area (Å²) in [6.07, 6.45) is 8.49. The number of carbonyl (C=O) groups excluding carboxylic acids is 1. The molecule has 0 unspecified atom stereocenters. The molecule has 0 saturated carbocycles. The van der Waals surface area contributed by atoms with Crippen molar-refractivity contribution in [3.05, 3.63) is 48.5 Å². The van der Waals surface area contributed by atoms with E-state index >= 15 is 0 Å². The summed E-state index contributed by atoms with van der Waals surface area (Å²) in [5.41, 5.74) is 2.66. The van der Waals surface area contributed by atoms with Gasteiger partial charge in [-0.3, -0.25) is 9.69 Å². The van der Waals surface area contributed by atoms with Gasteiger partial charge in [-0.2, -0.15) is 0 Å². The Kier molecular flexibility index (Phi) is 6.49. The van der Waals surface area contributed by atoms with Crippen molar-refractivity contribution in [2.45, 2.75) is 46.6 Å². The van der Waals surface area contributed by atoms with Gasteiger partial charge in [0, 0.05) is 62.9 Å². The summed E-state index contributed by atoms with van der Waals surface area (Å²) < 4.78 is 7.66. The van der Waals surface area contributed by atoms with E-state index < -0.39 is 0 Å². The summed E-state index contributed by atoms with van der Waals surface area (Å²) in [6.45, 7) is 11.6. The van der Waals surface area contributed by atoms with Crippen LogP contribution >= 0.6 is 0 Å². The fraction of sp³-hybridized carbons (Fsp3) is 0.600. The van der Waals surface area contributed by atoms with Gasteiger partial charge < -0.3 is 14.6 Å². The monoisotopic (exact) mass is 424 g/mol. The van der Waals surface area contributed by atoms with Crippen LogP contribution in [-0.2, 0) is 16.1 Å². The number of ether oxygens (including phenoxy) is 1. The maximum absolute atomic E-state index is 13.2. The molecule has 31 heavy (non-hydrogen) atoms. The maximum atomic E-state index is 13.2. The molecule has 6 nitrogen and oxygen atoms in total. The Morgan fingerprint density at radius 3 is 2.61 bits per heavy atom. The van der Waals surface area contributed by atoms with Crippen LogP contribution in [0.25, 0.3) is 5.69 Å². The third kappa shape index (κ3) is 5.36. The van der Waals surface area contributed by atoms with E-state index in [2.05, 4.69) is 60.2 Å². The van der Waals surface area contributed by atoms with Gasteiger partial charge >= 0.3 is 0 Å². The minimum Gasteiger partial charge on any atom is -0.381 e. The maximum Gasteiger partial charge on any atom is 0.225 e. The summed E-state index contributed by atoms with van der Waals surface area (Å²) in [7, 11) is 0. The molecule has 4 rings (SSSR count). The molecule has 0 aliphatic carbocycles. The Balaban J connectivity index is 1.41. The second kappa shape index (κ2) is 9.13. The number of nitrogens with one attached hydrogen (secondary N) is 1. The van der Waals surface area contributed by atoms with Crippen molar-refractivity contribution in [3.8, 4) is 5.69 Å². The normalized spacial score (nSPS) is 21.5. The number of hydrogen-bond acceptors (Lipinski definition) is 4. The van der Waals surface area contributed by atoms with Crippen molar-refractivity contribution in [2.75, 3.05) is 32.8 Å². The zero-order valence-electron chi connectivity index (χ0n) is 19.1. The van der Waals surface area contributed by atoms with Crippen molar-refractivity contribution in [1.82, 2.24) is 19.8 Å². The molecule has 1 aromatic heterocycles. The van der Waals surface area contributed by atoms with Crippen molar-refractivity contribution >= 4 is 5.91 Å². The Labute approximate surface area is 186 Å². The van der Waals surface area contributed by atoms with Gasteiger partial charge in [0.2, 0.25) is 5.91 Å². The quantitative estimate of drug-likeness (QED) is 0.769. The highest BCUT2D eigenvalue weighted by Gasteiger charge is 2.50. The van der Waals surface area contributed by atoms with E-state index in [4.69, 9.17) is 4.74 Å². The molecule has 168 valence electrons. The summed E-state index contributed by atoms with van der Waals surface area (Å²) >= 11 is 0. The van der Waals surface area contributed by atoms with Crippen LogP contribution in [0.2, 0.25) is 0 Å². The smallest absolute Gasteiger partial charge is 0.225 e. The third-order valence-corrected chi connectivity index (χ3v) is 6.84. The first-order valence-corrected chi connectivity index (χ1v) is 11.5. The molecule has 1 amide bonds. The van der Waals surface area contributed by atoms with Gasteiger partial charge in [0.05, 0.1) is 12.2 Å². The van der Waals surface area contributed by atoms with Gasteiger partial charge in [0.15, 0.2) is 0 Å². The van der Waals surface area contributed by atoms with E-state index in [0.717, 1.165) is 64.3 Å². The summed E-state index contributed by atoms with van der Waals surface area (Å²) in [5.74, 6) is 0.269. The number of hydrogen-bond donors (Lipinski definition) is 1. The van der Waals surface area contributed by atoms with Crippen LogP contribution in [0, 0.1) is 16.7 Å². The lowest BCUT2D eigenvalue weighted by molar-refractivity contribution is -0.129. The van der Waals surface area contributed by atoms with Gasteiger partial charge in [-0.25, -0.2) is 4.98 Å². The zero-order chi connectivity index (χ0) is 21.9. The number of likely N-dealkylation sites (tertiary alicyclic amines) is 1. The molecule has 0 bridgehead atoms. The average molecular weight is 425 g/mol. The average Bonchev–Trinajstić information content (AvgIpc) is 3.37. The molecule has 2 fully saturated rings. The second-order valence-electron chi connectivity index (χ2n) is 10.4. The molecule has 0 radical (unpaired) electrons. The van der Waals surface area contributed by atoms with Crippen molar-refractivity contribution < 1.29 is 9.53 Å². The zero-order valence-corrected chi connectivity index (χ0v) is 19.1. The van der Waals surface area contributed by atoms with Crippen LogP contribution in [0.15, 0.2) is 43.0 Å². The highest BCUT2D eigenvalue weighted by atomic mass is 16.5. The Morgan fingerprint density at radius 2 is 1.97 bits per heavy atom. The van der Waals surface area contributed by atoms with Crippen molar-refractivity contribution in [3.63, 3.8) is 0 Å². The van der Waals surface area contributed by atoms with Crippen LogP contribution in [0.3, 0.4) is 0 Å². The number of aromatic nitrogens is 2. The number of benzene rings is 1. The predicted octanol–water partition coefficient (Wildman–Crippen LogP) is 3.65. The minimum absolute atomic E-state index is 0.0425. The van der Waals surface area contributed by atoms with E-state index in [1.165, 1.54) is 5.56 Å². The lowest BCUT2D eigenvalue weighted by Crippen LogP contribution is -2.44. The summed E-state index contributed by atoms with van der Waals surface area (Å²) in [6, 6.07) is 8.63. The van der Waals surface area contributed by atoms with E-state index in [1.807, 2.05) is 17.1 Å². The van der Waals surface area contributed by atoms with Gasteiger partial charge in [-0.1, -0.05) is 32.9 Å². The first-order valence-electron chi connectivity index (χ1n) is 11.5. The molecule has 1 spiro atoms. The predicted molar refractivity (Wildman–Crippen MR) is 122 cm³/mol. The molecule has 2 saturated heterocycles. The molecule has 2 aliphatic rings. The highest BCUT2D eigenvalue weighted by molar-refractivity contribution is 5.80. The van der Waals surface area contributed by atoms with E-state index in [-0.39, 0.29) is 22.7 Å². The topological polar surface area (TPSA) is 59.4 Å². The van der Waals surface area contributed by atoms with Gasteiger partial charge in [-0.05, 0) is 42.4 Å². The number of nitrogens with zero attached hydrogens (tertiary/aromatic N) is 3. The van der Waals surface area contributed by atoms with Crippen LogP contribution in [0.1, 0.15) is 45.6 Å². The van der Waals surface area contributed by atoms with Crippen molar-refractivity contribution in [2.24, 2.45) is 16.7 Å². The Morgan fingerprint density at radius 1 is 1.23 bits per heavy atom.